The number of pyridine rings is 1. The van der Waals surface area contributed by atoms with E-state index >= 15 is 0 Å². The van der Waals surface area contributed by atoms with E-state index < -0.39 is 0 Å². The van der Waals surface area contributed by atoms with Crippen molar-refractivity contribution in [3.05, 3.63) is 41.2 Å². The van der Waals surface area contributed by atoms with Crippen LogP contribution in [0.25, 0.3) is 0 Å². The average molecular weight is 277 g/mol. The fourth-order valence-corrected chi connectivity index (χ4v) is 2.56. The molecule has 1 fully saturated rings. The van der Waals surface area contributed by atoms with E-state index in [1.165, 1.54) is 22.7 Å². The van der Waals surface area contributed by atoms with Crippen molar-refractivity contribution in [1.82, 2.24) is 15.2 Å². The Labute approximate surface area is 116 Å². The summed E-state index contributed by atoms with van der Waals surface area (Å²) in [7, 11) is 1.68. The van der Waals surface area contributed by atoms with E-state index in [-0.39, 0.29) is 11.8 Å². The second kappa shape index (κ2) is 6.38. The second-order valence-corrected chi connectivity index (χ2v) is 5.08. The van der Waals surface area contributed by atoms with Crippen LogP contribution in [0.15, 0.2) is 35.5 Å². The molecule has 1 saturated heterocycles. The van der Waals surface area contributed by atoms with Gasteiger partial charge in [-0.3, -0.25) is 14.6 Å². The molecular formula is C13H15N3O2S. The van der Waals surface area contributed by atoms with Crippen molar-refractivity contribution >= 4 is 23.6 Å². The van der Waals surface area contributed by atoms with Crippen molar-refractivity contribution in [2.75, 3.05) is 19.3 Å². The molecule has 5 nitrogen and oxygen atoms in total. The Morgan fingerprint density at radius 1 is 1.58 bits per heavy atom. The number of carbonyl (C=O) groups excluding carboxylic acids is 2. The van der Waals surface area contributed by atoms with Gasteiger partial charge in [-0.05, 0) is 12.1 Å². The van der Waals surface area contributed by atoms with E-state index in [0.29, 0.717) is 23.7 Å². The summed E-state index contributed by atoms with van der Waals surface area (Å²) in [4.78, 5) is 28.7. The first-order valence-electron chi connectivity index (χ1n) is 5.95. The monoisotopic (exact) mass is 277 g/mol. The van der Waals surface area contributed by atoms with Crippen LogP contribution in [0, 0.1) is 0 Å². The molecule has 2 heterocycles. The van der Waals surface area contributed by atoms with Gasteiger partial charge in [0.05, 0.1) is 10.8 Å². The number of hydrogen-bond acceptors (Lipinski definition) is 4. The van der Waals surface area contributed by atoms with Crippen molar-refractivity contribution in [3.8, 4) is 0 Å². The molecule has 100 valence electrons. The predicted molar refractivity (Wildman–Crippen MR) is 74.3 cm³/mol. The first-order chi connectivity index (χ1) is 9.16. The number of nitrogens with zero attached hydrogens (tertiary/aromatic N) is 2. The topological polar surface area (TPSA) is 62.3 Å². The maximum Gasteiger partial charge on any atom is 0.246 e. The fraction of sp³-hybridized carbons (Fsp3) is 0.308. The molecule has 1 aliphatic rings. The van der Waals surface area contributed by atoms with Gasteiger partial charge < -0.3 is 10.2 Å². The van der Waals surface area contributed by atoms with Crippen LogP contribution in [-0.2, 0) is 16.0 Å². The molecule has 1 aromatic heterocycles. The first-order valence-corrected chi connectivity index (χ1v) is 6.94. The molecule has 6 heteroatoms. The van der Waals surface area contributed by atoms with Crippen LogP contribution in [0.2, 0.25) is 0 Å². The number of amides is 2. The summed E-state index contributed by atoms with van der Waals surface area (Å²) in [5, 5.41) is 3.48. The van der Waals surface area contributed by atoms with Crippen LogP contribution in [0.5, 0.6) is 0 Å². The Morgan fingerprint density at radius 3 is 3.05 bits per heavy atom. The number of aromatic nitrogens is 1. The highest BCUT2D eigenvalue weighted by Crippen LogP contribution is 2.26. The lowest BCUT2D eigenvalue weighted by atomic mass is 10.3. The van der Waals surface area contributed by atoms with Crippen molar-refractivity contribution in [3.63, 3.8) is 0 Å². The van der Waals surface area contributed by atoms with Crippen molar-refractivity contribution < 1.29 is 9.59 Å². The van der Waals surface area contributed by atoms with Gasteiger partial charge in [0.2, 0.25) is 11.8 Å². The van der Waals surface area contributed by atoms with Gasteiger partial charge >= 0.3 is 0 Å². The van der Waals surface area contributed by atoms with Gasteiger partial charge in [0, 0.05) is 38.0 Å². The normalized spacial score (nSPS) is 17.0. The van der Waals surface area contributed by atoms with Crippen LogP contribution in [0.3, 0.4) is 0 Å². The Bertz CT molecular complexity index is 502. The van der Waals surface area contributed by atoms with E-state index in [9.17, 15) is 9.59 Å². The third-order valence-corrected chi connectivity index (χ3v) is 3.79. The van der Waals surface area contributed by atoms with Gasteiger partial charge in [0.15, 0.2) is 0 Å². The van der Waals surface area contributed by atoms with E-state index in [1.807, 2.05) is 18.2 Å². The molecule has 2 rings (SSSR count). The van der Waals surface area contributed by atoms with E-state index in [0.717, 1.165) is 5.69 Å². The Kier molecular flexibility index (Phi) is 4.57. The van der Waals surface area contributed by atoms with E-state index in [2.05, 4.69) is 10.3 Å². The minimum atomic E-state index is -0.181. The molecule has 2 amide bonds. The molecule has 1 aliphatic heterocycles. The van der Waals surface area contributed by atoms with E-state index in [1.54, 1.807) is 13.2 Å². The SMILES string of the molecule is CN1C(=O)CSC1=CC(=O)NCCc1ccccn1. The Hall–Kier alpha value is -1.82. The maximum absolute atomic E-state index is 11.7. The molecule has 1 aromatic rings. The predicted octanol–water partition coefficient (Wildman–Crippen LogP) is 0.787. The lowest BCUT2D eigenvalue weighted by Crippen LogP contribution is -2.26. The number of nitrogens with one attached hydrogen (secondary N) is 1. The minimum Gasteiger partial charge on any atom is -0.352 e. The zero-order valence-corrected chi connectivity index (χ0v) is 11.4. The highest BCUT2D eigenvalue weighted by atomic mass is 32.2. The van der Waals surface area contributed by atoms with Crippen LogP contribution in [0.1, 0.15) is 5.69 Å². The van der Waals surface area contributed by atoms with E-state index in [4.69, 9.17) is 0 Å². The summed E-state index contributed by atoms with van der Waals surface area (Å²) in [5.41, 5.74) is 0.943. The third kappa shape index (κ3) is 3.82. The van der Waals surface area contributed by atoms with Gasteiger partial charge in [0.25, 0.3) is 0 Å². The summed E-state index contributed by atoms with van der Waals surface area (Å²) >= 11 is 1.38. The maximum atomic E-state index is 11.7. The van der Waals surface area contributed by atoms with Crippen LogP contribution in [0.4, 0.5) is 0 Å². The summed E-state index contributed by atoms with van der Waals surface area (Å²) in [6, 6.07) is 5.70. The third-order valence-electron chi connectivity index (χ3n) is 2.71. The molecular weight excluding hydrogens is 262 g/mol. The molecule has 0 aliphatic carbocycles. The molecule has 0 atom stereocenters. The molecule has 0 aromatic carbocycles. The highest BCUT2D eigenvalue weighted by Gasteiger charge is 2.23. The molecule has 0 unspecified atom stereocenters. The van der Waals surface area contributed by atoms with Crippen molar-refractivity contribution in [2.24, 2.45) is 0 Å². The van der Waals surface area contributed by atoms with Gasteiger partial charge in [-0.15, -0.1) is 0 Å². The minimum absolute atomic E-state index is 0.0255. The summed E-state index contributed by atoms with van der Waals surface area (Å²) in [5.74, 6) is 0.251. The summed E-state index contributed by atoms with van der Waals surface area (Å²) in [6.07, 6.45) is 3.89. The second-order valence-electron chi connectivity index (χ2n) is 4.09. The first kappa shape index (κ1) is 13.6. The Morgan fingerprint density at radius 2 is 2.42 bits per heavy atom. The molecule has 0 bridgehead atoms. The standard InChI is InChI=1S/C13H15N3O2S/c1-16-12(18)9-19-13(16)8-11(17)15-7-5-10-4-2-3-6-14-10/h2-4,6,8H,5,7,9H2,1H3,(H,15,17). The number of hydrogen-bond donors (Lipinski definition) is 1. The van der Waals surface area contributed by atoms with Gasteiger partial charge in [-0.1, -0.05) is 17.8 Å². The lowest BCUT2D eigenvalue weighted by Gasteiger charge is -2.09. The lowest BCUT2D eigenvalue weighted by molar-refractivity contribution is -0.124. The fourth-order valence-electron chi connectivity index (χ4n) is 1.61. The summed E-state index contributed by atoms with van der Waals surface area (Å²) in [6.45, 7) is 0.530. The Balaban J connectivity index is 1.79. The average Bonchev–Trinajstić information content (AvgIpc) is 2.72. The van der Waals surface area contributed by atoms with Crippen LogP contribution < -0.4 is 5.32 Å². The largest absolute Gasteiger partial charge is 0.352 e. The molecule has 0 spiro atoms. The highest BCUT2D eigenvalue weighted by molar-refractivity contribution is 8.04. The van der Waals surface area contributed by atoms with Crippen LogP contribution >= 0.6 is 11.8 Å². The molecule has 0 saturated carbocycles. The van der Waals surface area contributed by atoms with Crippen LogP contribution in [-0.4, -0.2) is 41.0 Å². The molecule has 0 radical (unpaired) electrons. The van der Waals surface area contributed by atoms with Gasteiger partial charge in [0.1, 0.15) is 0 Å². The van der Waals surface area contributed by atoms with Gasteiger partial charge in [-0.25, -0.2) is 0 Å². The smallest absolute Gasteiger partial charge is 0.246 e. The summed E-state index contributed by atoms with van der Waals surface area (Å²) < 4.78 is 0. The number of carbonyl (C=O) groups is 2. The van der Waals surface area contributed by atoms with Crippen molar-refractivity contribution in [1.29, 1.82) is 0 Å². The molecule has 19 heavy (non-hydrogen) atoms. The number of rotatable bonds is 4. The molecule has 1 N–H and O–H groups in total. The zero-order chi connectivity index (χ0) is 13.7. The van der Waals surface area contributed by atoms with Gasteiger partial charge in [-0.2, -0.15) is 0 Å². The number of thioether (sulfide) groups is 1. The quantitative estimate of drug-likeness (QED) is 0.826. The zero-order valence-electron chi connectivity index (χ0n) is 10.6. The van der Waals surface area contributed by atoms with Crippen molar-refractivity contribution in [2.45, 2.75) is 6.42 Å².